The van der Waals surface area contributed by atoms with Crippen LogP contribution in [0.1, 0.15) is 44.5 Å². The number of rotatable bonds is 4. The first-order valence-electron chi connectivity index (χ1n) is 12.2. The van der Waals surface area contributed by atoms with Gasteiger partial charge in [-0.1, -0.05) is 0 Å². The summed E-state index contributed by atoms with van der Waals surface area (Å²) in [5, 5.41) is 0. The van der Waals surface area contributed by atoms with Gasteiger partial charge in [0.15, 0.2) is 0 Å². The molecule has 0 spiro atoms. The van der Waals surface area contributed by atoms with Gasteiger partial charge < -0.3 is 0 Å². The zero-order valence-electron chi connectivity index (χ0n) is 20.7. The topological polar surface area (TPSA) is 0 Å². The van der Waals surface area contributed by atoms with Crippen LogP contribution in [-0.4, -0.2) is 7.63 Å². The molecule has 2 aliphatic carbocycles. The molecule has 2 aliphatic rings. The molecule has 6 rings (SSSR count). The van der Waals surface area contributed by atoms with Gasteiger partial charge >= 0.3 is 206 Å². The van der Waals surface area contributed by atoms with Crippen molar-refractivity contribution >= 4 is 52.3 Å². The van der Waals surface area contributed by atoms with Crippen LogP contribution in [0.5, 0.6) is 0 Å². The summed E-state index contributed by atoms with van der Waals surface area (Å²) in [5.74, 6) is 0. The predicted octanol–water partition coefficient (Wildman–Crippen LogP) is 7.04. The summed E-state index contributed by atoms with van der Waals surface area (Å²) < 4.78 is 3.92. The molecule has 0 N–H and O–H groups in total. The van der Waals surface area contributed by atoms with Gasteiger partial charge in [0.05, 0.1) is 0 Å². The normalized spacial score (nSPS) is 18.2. The Bertz CT molecular complexity index is 1420. The molecule has 182 valence electrons. The molecule has 0 heterocycles. The van der Waals surface area contributed by atoms with E-state index in [1.807, 2.05) is 0 Å². The molecule has 0 radical (unpaired) electrons. The molecule has 0 aliphatic heterocycles. The van der Waals surface area contributed by atoms with Gasteiger partial charge in [-0.3, -0.25) is 0 Å². The van der Waals surface area contributed by atoms with Gasteiger partial charge in [-0.2, -0.15) is 0 Å². The Morgan fingerprint density at radius 3 is 1.22 bits per heavy atom. The van der Waals surface area contributed by atoms with Crippen LogP contribution in [-0.2, 0) is 14.0 Å². The summed E-state index contributed by atoms with van der Waals surface area (Å²) in [6, 6.07) is 41.4. The maximum absolute atomic E-state index is 3.98. The van der Waals surface area contributed by atoms with Crippen molar-refractivity contribution in [1.82, 2.24) is 0 Å². The molecule has 4 heteroatoms. The van der Waals surface area contributed by atoms with E-state index >= 15 is 0 Å². The van der Waals surface area contributed by atoms with Gasteiger partial charge in [-0.25, -0.2) is 0 Å². The van der Waals surface area contributed by atoms with Crippen LogP contribution in [0.4, 0.5) is 0 Å². The maximum atomic E-state index is 2.46. The van der Waals surface area contributed by atoms with E-state index in [0.717, 1.165) is 0 Å². The Morgan fingerprint density at radius 2 is 0.833 bits per heavy atom. The number of fused-ring (bicyclic) bond motifs is 2. The Balaban J connectivity index is 0.00000152. The molecule has 0 amide bonds. The monoisotopic (exact) mass is 562 g/mol. The van der Waals surface area contributed by atoms with Gasteiger partial charge in [-0.15, -0.1) is 24.8 Å². The SMILES string of the molecule is CC1=Cc2ccccc2[CH]1[Ti](=[SiH2])([c]1ccccc1)([c]1ccccc1)[CH]1C(C)=Cc2ccccc21.Cl.Cl. The van der Waals surface area contributed by atoms with Crippen LogP contribution in [0.15, 0.2) is 120 Å². The number of allylic oxidation sites excluding steroid dienone is 2. The fourth-order valence-corrected chi connectivity index (χ4v) is 26.5. The van der Waals surface area contributed by atoms with Gasteiger partial charge in [0.1, 0.15) is 0 Å². The molecule has 0 saturated heterocycles. The van der Waals surface area contributed by atoms with Crippen molar-refractivity contribution < 1.29 is 14.0 Å². The summed E-state index contributed by atoms with van der Waals surface area (Å²) in [7, 11) is 2.41. The van der Waals surface area contributed by atoms with E-state index in [4.69, 9.17) is 0 Å². The van der Waals surface area contributed by atoms with E-state index in [0.29, 0.717) is 8.45 Å². The van der Waals surface area contributed by atoms with E-state index in [-0.39, 0.29) is 24.8 Å². The molecule has 0 nitrogen and oxygen atoms in total. The van der Waals surface area contributed by atoms with Gasteiger partial charge in [0.2, 0.25) is 0 Å². The minimum absolute atomic E-state index is 0. The van der Waals surface area contributed by atoms with Crippen molar-refractivity contribution in [3.8, 4) is 0 Å². The van der Waals surface area contributed by atoms with E-state index in [9.17, 15) is 0 Å². The smallest absolute Gasteiger partial charge is 0.147 e. The second-order valence-electron chi connectivity index (χ2n) is 10.3. The summed E-state index contributed by atoms with van der Waals surface area (Å²) in [5.41, 5.74) is 8.84. The Morgan fingerprint density at radius 1 is 0.500 bits per heavy atom. The van der Waals surface area contributed by atoms with Crippen molar-refractivity contribution in [2.45, 2.75) is 22.3 Å². The average Bonchev–Trinajstić information content (AvgIpc) is 3.41. The third kappa shape index (κ3) is 3.60. The quantitative estimate of drug-likeness (QED) is 0.234. The molecule has 0 saturated carbocycles. The van der Waals surface area contributed by atoms with Crippen LogP contribution in [0.3, 0.4) is 0 Å². The second-order valence-corrected chi connectivity index (χ2v) is 25.2. The van der Waals surface area contributed by atoms with Crippen LogP contribution >= 0.6 is 24.8 Å². The van der Waals surface area contributed by atoms with Gasteiger partial charge in [-0.05, 0) is 0 Å². The van der Waals surface area contributed by atoms with Crippen molar-refractivity contribution in [1.29, 1.82) is 0 Å². The summed E-state index contributed by atoms with van der Waals surface area (Å²) in [6.45, 7) is 4.76. The Labute approximate surface area is 229 Å². The molecule has 0 fully saturated rings. The average molecular weight is 563 g/mol. The molecule has 4 aromatic carbocycles. The standard InChI is InChI=1S/2C10H9.2C6H5.2ClH.H2Si.Ti/c2*1-8-6-9-4-2-3-5-10(9)7-8;2*1-2-4-6-5-3-1;;;;/h2*2-7H,1H3;2*1-5H;2*1H;1H2;. The van der Waals surface area contributed by atoms with Crippen LogP contribution in [0.25, 0.3) is 12.2 Å². The van der Waals surface area contributed by atoms with Crippen molar-refractivity contribution in [3.63, 3.8) is 0 Å². The minimum atomic E-state index is -3.98. The first-order valence-corrected chi connectivity index (χ1v) is 19.6. The molecule has 2 unspecified atom stereocenters. The third-order valence-corrected chi connectivity index (χ3v) is 27.1. The minimum Gasteiger partial charge on any atom is -0.147 e. The van der Waals surface area contributed by atoms with Gasteiger partial charge in [0.25, 0.3) is 0 Å². The molecule has 2 atom stereocenters. The third-order valence-electron chi connectivity index (χ3n) is 8.52. The predicted molar refractivity (Wildman–Crippen MR) is 161 cm³/mol. The first kappa shape index (κ1) is 26.9. The van der Waals surface area contributed by atoms with E-state index in [1.54, 1.807) is 7.74 Å². The molecule has 0 bridgehead atoms. The fraction of sp³-hybridized carbons (Fsp3) is 0.125. The zero-order chi connectivity index (χ0) is 23.4. The Hall–Kier alpha value is -2.13. The summed E-state index contributed by atoms with van der Waals surface area (Å²) >= 11 is -3.98. The number of hydrogen-bond acceptors (Lipinski definition) is 0. The number of hydrogen-bond donors (Lipinski definition) is 0. The first-order chi connectivity index (χ1) is 16.5. The van der Waals surface area contributed by atoms with Crippen LogP contribution in [0.2, 0.25) is 0 Å². The van der Waals surface area contributed by atoms with E-state index < -0.39 is 14.0 Å². The Kier molecular flexibility index (Phi) is 7.46. The van der Waals surface area contributed by atoms with Crippen LogP contribution in [0, 0.1) is 0 Å². The van der Waals surface area contributed by atoms with Crippen molar-refractivity contribution in [2.75, 3.05) is 0 Å². The van der Waals surface area contributed by atoms with E-state index in [1.165, 1.54) is 33.4 Å². The fourth-order valence-electron chi connectivity index (χ4n) is 7.37. The van der Waals surface area contributed by atoms with Crippen LogP contribution < -0.4 is 7.74 Å². The molecule has 0 aromatic heterocycles. The molecular formula is C32H32Cl2SiTi. The molecule has 4 aromatic rings. The van der Waals surface area contributed by atoms with E-state index in [2.05, 4.69) is 143 Å². The van der Waals surface area contributed by atoms with Crippen molar-refractivity contribution in [2.24, 2.45) is 0 Å². The van der Waals surface area contributed by atoms with Crippen molar-refractivity contribution in [3.05, 3.63) is 143 Å². The largest absolute Gasteiger partial charge is 0.147 e. The zero-order valence-corrected chi connectivity index (χ0v) is 25.3. The summed E-state index contributed by atoms with van der Waals surface area (Å²) in [6.07, 6.45) is 4.92. The number of halogens is 2. The molecular weight excluding hydrogens is 531 g/mol. The molecule has 36 heavy (non-hydrogen) atoms. The van der Waals surface area contributed by atoms with Gasteiger partial charge in [0, 0.05) is 0 Å². The second kappa shape index (κ2) is 9.97. The number of benzene rings is 4. The summed E-state index contributed by atoms with van der Waals surface area (Å²) in [4.78, 5) is 0. The maximum Gasteiger partial charge on any atom is -0.147 e.